The Bertz CT molecular complexity index is 567. The number of ether oxygens (including phenoxy) is 1. The molecule has 2 rings (SSSR count). The van der Waals surface area contributed by atoms with Gasteiger partial charge in [-0.25, -0.2) is 8.78 Å². The van der Waals surface area contributed by atoms with Gasteiger partial charge < -0.3 is 9.84 Å². The van der Waals surface area contributed by atoms with Crippen molar-refractivity contribution in [3.63, 3.8) is 0 Å². The molecule has 20 heavy (non-hydrogen) atoms. The fourth-order valence-corrected chi connectivity index (χ4v) is 1.84. The first-order valence-corrected chi connectivity index (χ1v) is 6.45. The Morgan fingerprint density at radius 1 is 1.10 bits per heavy atom. The number of aliphatic hydroxyl groups is 1. The molecule has 0 aliphatic heterocycles. The minimum Gasteiger partial charge on any atom is -0.489 e. The van der Waals surface area contributed by atoms with E-state index in [-0.39, 0.29) is 12.2 Å². The van der Waals surface area contributed by atoms with Crippen LogP contribution in [-0.2, 0) is 6.61 Å². The van der Waals surface area contributed by atoms with Gasteiger partial charge in [-0.15, -0.1) is 0 Å². The largest absolute Gasteiger partial charge is 0.489 e. The van der Waals surface area contributed by atoms with E-state index in [2.05, 4.69) is 0 Å². The molecule has 2 nitrogen and oxygen atoms in total. The van der Waals surface area contributed by atoms with Crippen molar-refractivity contribution < 1.29 is 18.6 Å². The minimum atomic E-state index is -0.496. The molecule has 2 aromatic carbocycles. The molecule has 0 aromatic heterocycles. The van der Waals surface area contributed by atoms with Crippen LogP contribution in [0.4, 0.5) is 8.78 Å². The third kappa shape index (κ3) is 3.54. The second-order valence-corrected chi connectivity index (χ2v) is 4.52. The van der Waals surface area contributed by atoms with Gasteiger partial charge in [-0.3, -0.25) is 0 Å². The molecule has 0 bridgehead atoms. The predicted octanol–water partition coefficient (Wildman–Crippen LogP) is 3.99. The van der Waals surface area contributed by atoms with Crippen molar-refractivity contribution >= 4 is 0 Å². The predicted molar refractivity (Wildman–Crippen MR) is 72.4 cm³/mol. The van der Waals surface area contributed by atoms with E-state index in [4.69, 9.17) is 4.74 Å². The van der Waals surface area contributed by atoms with Crippen LogP contribution in [-0.4, -0.2) is 5.11 Å². The summed E-state index contributed by atoms with van der Waals surface area (Å²) in [7, 11) is 0. The molecule has 2 aromatic rings. The molecule has 1 N–H and O–H groups in total. The summed E-state index contributed by atoms with van der Waals surface area (Å²) in [6, 6.07) is 10.2. The Balaban J connectivity index is 2.02. The summed E-state index contributed by atoms with van der Waals surface area (Å²) in [5, 5.41) is 9.66. The van der Waals surface area contributed by atoms with E-state index >= 15 is 0 Å². The molecule has 0 aliphatic rings. The van der Waals surface area contributed by atoms with Gasteiger partial charge in [0.05, 0.1) is 6.10 Å². The van der Waals surface area contributed by atoms with E-state index in [1.165, 1.54) is 0 Å². The van der Waals surface area contributed by atoms with Gasteiger partial charge in [0.25, 0.3) is 0 Å². The molecule has 1 atom stereocenters. The molecule has 0 spiro atoms. The summed E-state index contributed by atoms with van der Waals surface area (Å²) in [6.45, 7) is 1.85. The molecule has 0 radical (unpaired) electrons. The van der Waals surface area contributed by atoms with E-state index in [9.17, 15) is 13.9 Å². The third-order valence-corrected chi connectivity index (χ3v) is 3.05. The smallest absolute Gasteiger partial charge is 0.130 e. The first-order valence-electron chi connectivity index (χ1n) is 6.45. The number of aliphatic hydroxyl groups excluding tert-OH is 1. The lowest BCUT2D eigenvalue weighted by molar-refractivity contribution is 0.173. The van der Waals surface area contributed by atoms with Crippen LogP contribution >= 0.6 is 0 Å². The summed E-state index contributed by atoms with van der Waals surface area (Å²) in [5.41, 5.74) is 0.972. The lowest BCUT2D eigenvalue weighted by Gasteiger charge is -2.10. The van der Waals surface area contributed by atoms with Gasteiger partial charge in [-0.1, -0.05) is 19.1 Å². The SMILES string of the molecule is CC[C@H](O)c1ccc(OCc2cc(F)ccc2F)cc1. The molecule has 0 fully saturated rings. The molecular weight excluding hydrogens is 262 g/mol. The second-order valence-electron chi connectivity index (χ2n) is 4.52. The average molecular weight is 278 g/mol. The van der Waals surface area contributed by atoms with E-state index in [1.807, 2.05) is 6.92 Å². The van der Waals surface area contributed by atoms with Crippen LogP contribution in [0.5, 0.6) is 5.75 Å². The Kier molecular flexibility index (Phi) is 4.69. The van der Waals surface area contributed by atoms with Crippen molar-refractivity contribution in [3.8, 4) is 5.75 Å². The van der Waals surface area contributed by atoms with Gasteiger partial charge in [0, 0.05) is 5.56 Å². The normalized spacial score (nSPS) is 12.2. The summed E-state index contributed by atoms with van der Waals surface area (Å²) < 4.78 is 31.8. The standard InChI is InChI=1S/C16H16F2O2/c1-2-16(19)11-3-6-14(7-4-11)20-10-12-9-13(17)5-8-15(12)18/h3-9,16,19H,2,10H2,1H3/t16-/m0/s1. The molecule has 4 heteroatoms. The van der Waals surface area contributed by atoms with Crippen molar-refractivity contribution in [2.24, 2.45) is 0 Å². The maximum Gasteiger partial charge on any atom is 0.130 e. The van der Waals surface area contributed by atoms with Crippen molar-refractivity contribution in [1.82, 2.24) is 0 Å². The van der Waals surface area contributed by atoms with Crippen LogP contribution in [0, 0.1) is 11.6 Å². The first kappa shape index (κ1) is 14.5. The summed E-state index contributed by atoms with van der Waals surface area (Å²) >= 11 is 0. The Hall–Kier alpha value is -1.94. The number of hydrogen-bond acceptors (Lipinski definition) is 2. The fourth-order valence-electron chi connectivity index (χ4n) is 1.84. The van der Waals surface area contributed by atoms with E-state index < -0.39 is 17.7 Å². The van der Waals surface area contributed by atoms with Crippen LogP contribution in [0.25, 0.3) is 0 Å². The van der Waals surface area contributed by atoms with Gasteiger partial charge in [0.1, 0.15) is 24.0 Å². The fraction of sp³-hybridized carbons (Fsp3) is 0.250. The van der Waals surface area contributed by atoms with Crippen LogP contribution in [0.1, 0.15) is 30.6 Å². The van der Waals surface area contributed by atoms with Gasteiger partial charge in [0.15, 0.2) is 0 Å². The van der Waals surface area contributed by atoms with Crippen molar-refractivity contribution in [2.75, 3.05) is 0 Å². The monoisotopic (exact) mass is 278 g/mol. The van der Waals surface area contributed by atoms with E-state index in [0.717, 1.165) is 23.8 Å². The Morgan fingerprint density at radius 3 is 2.45 bits per heavy atom. The van der Waals surface area contributed by atoms with Crippen LogP contribution in [0.3, 0.4) is 0 Å². The minimum absolute atomic E-state index is 0.0424. The summed E-state index contributed by atoms with van der Waals surface area (Å²) in [6.07, 6.45) is 0.138. The summed E-state index contributed by atoms with van der Waals surface area (Å²) in [4.78, 5) is 0. The number of rotatable bonds is 5. The molecule has 0 saturated carbocycles. The summed E-state index contributed by atoms with van der Waals surface area (Å²) in [5.74, 6) is -0.448. The number of hydrogen-bond donors (Lipinski definition) is 1. The van der Waals surface area contributed by atoms with Crippen LogP contribution in [0.15, 0.2) is 42.5 Å². The third-order valence-electron chi connectivity index (χ3n) is 3.05. The highest BCUT2D eigenvalue weighted by Gasteiger charge is 2.06. The molecule has 0 unspecified atom stereocenters. The molecule has 0 saturated heterocycles. The number of benzene rings is 2. The highest BCUT2D eigenvalue weighted by atomic mass is 19.1. The molecular formula is C16H16F2O2. The van der Waals surface area contributed by atoms with E-state index in [1.54, 1.807) is 24.3 Å². The molecule has 0 heterocycles. The highest BCUT2D eigenvalue weighted by molar-refractivity contribution is 5.29. The Labute approximate surface area is 116 Å². The van der Waals surface area contributed by atoms with Gasteiger partial charge >= 0.3 is 0 Å². The van der Waals surface area contributed by atoms with Crippen molar-refractivity contribution in [3.05, 3.63) is 65.2 Å². The van der Waals surface area contributed by atoms with Crippen LogP contribution in [0.2, 0.25) is 0 Å². The second kappa shape index (κ2) is 6.48. The van der Waals surface area contributed by atoms with Gasteiger partial charge in [-0.05, 0) is 42.3 Å². The Morgan fingerprint density at radius 2 is 1.80 bits per heavy atom. The molecule has 106 valence electrons. The van der Waals surface area contributed by atoms with E-state index in [0.29, 0.717) is 12.2 Å². The lowest BCUT2D eigenvalue weighted by Crippen LogP contribution is -2.00. The zero-order valence-corrected chi connectivity index (χ0v) is 11.1. The zero-order chi connectivity index (χ0) is 14.5. The highest BCUT2D eigenvalue weighted by Crippen LogP contribution is 2.21. The first-order chi connectivity index (χ1) is 9.60. The molecule has 0 amide bonds. The maximum absolute atomic E-state index is 13.4. The molecule has 0 aliphatic carbocycles. The number of halogens is 2. The van der Waals surface area contributed by atoms with Crippen molar-refractivity contribution in [2.45, 2.75) is 26.1 Å². The van der Waals surface area contributed by atoms with Crippen molar-refractivity contribution in [1.29, 1.82) is 0 Å². The van der Waals surface area contributed by atoms with Crippen LogP contribution < -0.4 is 4.74 Å². The maximum atomic E-state index is 13.4. The van der Waals surface area contributed by atoms with Gasteiger partial charge in [-0.2, -0.15) is 0 Å². The zero-order valence-electron chi connectivity index (χ0n) is 11.1. The van der Waals surface area contributed by atoms with Gasteiger partial charge in [0.2, 0.25) is 0 Å². The average Bonchev–Trinajstić information content (AvgIpc) is 2.48. The topological polar surface area (TPSA) is 29.5 Å². The lowest BCUT2D eigenvalue weighted by atomic mass is 10.1. The quantitative estimate of drug-likeness (QED) is 0.896.